The highest BCUT2D eigenvalue weighted by Gasteiger charge is 2.22. The first-order valence-corrected chi connectivity index (χ1v) is 8.51. The molecule has 1 atom stereocenters. The maximum absolute atomic E-state index is 12.3. The van der Waals surface area contributed by atoms with E-state index in [0.29, 0.717) is 23.8 Å². The zero-order valence-electron chi connectivity index (χ0n) is 14.8. The molecule has 1 aliphatic rings. The summed E-state index contributed by atoms with van der Waals surface area (Å²) in [5.74, 6) is 1.88. The Labute approximate surface area is 147 Å². The van der Waals surface area contributed by atoms with Crippen molar-refractivity contribution in [2.45, 2.75) is 33.3 Å². The molecule has 1 N–H and O–H groups in total. The maximum Gasteiger partial charge on any atom is 0.262 e. The Balaban J connectivity index is 1.69. The minimum atomic E-state index is -0.242. The third kappa shape index (κ3) is 4.24. The van der Waals surface area contributed by atoms with Crippen LogP contribution in [0, 0.1) is 6.92 Å². The largest absolute Gasteiger partial charge is 0.492 e. The second kappa shape index (κ2) is 7.47. The fraction of sp³-hybridized carbons (Fsp3) is 0.350. The highest BCUT2D eigenvalue weighted by molar-refractivity contribution is 5.93. The molecule has 5 heteroatoms. The summed E-state index contributed by atoms with van der Waals surface area (Å²) in [6.07, 6.45) is 0.986. The zero-order chi connectivity index (χ0) is 17.8. The Bertz CT molecular complexity index is 772. The summed E-state index contributed by atoms with van der Waals surface area (Å²) in [5.41, 5.74) is 2.79. The standard InChI is InChI=1S/C20H23NO4/c1-4-23-19-10-15-9-14(3)25-18(15)11-17(19)21-20(22)12-24-16-7-5-6-13(2)8-16/h5-8,10-11,14H,4,9,12H2,1-3H3,(H,21,22). The van der Waals surface area contributed by atoms with Gasteiger partial charge in [0.15, 0.2) is 6.61 Å². The Morgan fingerprint density at radius 2 is 2.12 bits per heavy atom. The normalized spacial score (nSPS) is 15.2. The van der Waals surface area contributed by atoms with Crippen molar-refractivity contribution in [3.05, 3.63) is 47.5 Å². The molecule has 1 unspecified atom stereocenters. The molecular weight excluding hydrogens is 318 g/mol. The van der Waals surface area contributed by atoms with Crippen molar-refractivity contribution in [2.24, 2.45) is 0 Å². The lowest BCUT2D eigenvalue weighted by atomic mass is 10.1. The first kappa shape index (κ1) is 17.1. The van der Waals surface area contributed by atoms with Gasteiger partial charge in [0.05, 0.1) is 12.3 Å². The van der Waals surface area contributed by atoms with E-state index in [9.17, 15) is 4.79 Å². The van der Waals surface area contributed by atoms with Crippen LogP contribution in [0.5, 0.6) is 17.2 Å². The van der Waals surface area contributed by atoms with E-state index in [4.69, 9.17) is 14.2 Å². The average Bonchev–Trinajstić information content (AvgIpc) is 2.92. The molecule has 0 spiro atoms. The number of anilines is 1. The lowest BCUT2D eigenvalue weighted by molar-refractivity contribution is -0.118. The van der Waals surface area contributed by atoms with Crippen LogP contribution in [0.4, 0.5) is 5.69 Å². The fourth-order valence-corrected chi connectivity index (χ4v) is 2.85. The van der Waals surface area contributed by atoms with E-state index in [0.717, 1.165) is 23.3 Å². The minimum absolute atomic E-state index is 0.0661. The van der Waals surface area contributed by atoms with Crippen molar-refractivity contribution in [1.29, 1.82) is 0 Å². The number of hydrogen-bond donors (Lipinski definition) is 1. The second-order valence-electron chi connectivity index (χ2n) is 6.18. The fourth-order valence-electron chi connectivity index (χ4n) is 2.85. The predicted molar refractivity (Wildman–Crippen MR) is 96.7 cm³/mol. The highest BCUT2D eigenvalue weighted by atomic mass is 16.5. The number of rotatable bonds is 6. The van der Waals surface area contributed by atoms with E-state index in [-0.39, 0.29) is 18.6 Å². The molecule has 5 nitrogen and oxygen atoms in total. The summed E-state index contributed by atoms with van der Waals surface area (Å²) >= 11 is 0. The van der Waals surface area contributed by atoms with Gasteiger partial charge in [-0.05, 0) is 44.5 Å². The van der Waals surface area contributed by atoms with Crippen LogP contribution in [-0.2, 0) is 11.2 Å². The van der Waals surface area contributed by atoms with Crippen molar-refractivity contribution in [1.82, 2.24) is 0 Å². The third-order valence-electron chi connectivity index (χ3n) is 3.93. The van der Waals surface area contributed by atoms with Gasteiger partial charge < -0.3 is 19.5 Å². The quantitative estimate of drug-likeness (QED) is 0.870. The number of fused-ring (bicyclic) bond motifs is 1. The zero-order valence-corrected chi connectivity index (χ0v) is 14.8. The number of hydrogen-bond acceptors (Lipinski definition) is 4. The molecule has 0 saturated heterocycles. The molecule has 0 aromatic heterocycles. The summed E-state index contributed by atoms with van der Waals surface area (Å²) in [4.78, 5) is 12.3. The topological polar surface area (TPSA) is 56.8 Å². The molecule has 3 rings (SSSR count). The van der Waals surface area contributed by atoms with Crippen molar-refractivity contribution in [2.75, 3.05) is 18.5 Å². The molecule has 0 saturated carbocycles. The van der Waals surface area contributed by atoms with Gasteiger partial charge in [0.1, 0.15) is 23.4 Å². The number of amides is 1. The van der Waals surface area contributed by atoms with E-state index < -0.39 is 0 Å². The van der Waals surface area contributed by atoms with Gasteiger partial charge >= 0.3 is 0 Å². The summed E-state index contributed by atoms with van der Waals surface area (Å²) < 4.78 is 17.0. The number of aryl methyl sites for hydroxylation is 1. The van der Waals surface area contributed by atoms with Gasteiger partial charge in [0.2, 0.25) is 0 Å². The van der Waals surface area contributed by atoms with Gasteiger partial charge in [-0.25, -0.2) is 0 Å². The van der Waals surface area contributed by atoms with Crippen molar-refractivity contribution < 1.29 is 19.0 Å². The lowest BCUT2D eigenvalue weighted by Crippen LogP contribution is -2.20. The van der Waals surface area contributed by atoms with Crippen LogP contribution in [0.15, 0.2) is 36.4 Å². The smallest absolute Gasteiger partial charge is 0.262 e. The molecule has 1 aliphatic heterocycles. The van der Waals surface area contributed by atoms with Crippen LogP contribution >= 0.6 is 0 Å². The summed E-state index contributed by atoms with van der Waals surface area (Å²) in [6.45, 7) is 6.38. The van der Waals surface area contributed by atoms with Gasteiger partial charge in [-0.2, -0.15) is 0 Å². The molecular formula is C20H23NO4. The van der Waals surface area contributed by atoms with Gasteiger partial charge in [-0.3, -0.25) is 4.79 Å². The van der Waals surface area contributed by atoms with Crippen LogP contribution in [0.2, 0.25) is 0 Å². The molecule has 0 fully saturated rings. The van der Waals surface area contributed by atoms with E-state index >= 15 is 0 Å². The van der Waals surface area contributed by atoms with Crippen LogP contribution in [0.25, 0.3) is 0 Å². The molecule has 0 bridgehead atoms. The maximum atomic E-state index is 12.3. The van der Waals surface area contributed by atoms with E-state index in [1.807, 2.05) is 57.2 Å². The molecule has 0 aliphatic carbocycles. The first-order chi connectivity index (χ1) is 12.0. The van der Waals surface area contributed by atoms with Crippen LogP contribution in [-0.4, -0.2) is 25.2 Å². The summed E-state index contributed by atoms with van der Waals surface area (Å²) in [6, 6.07) is 11.4. The van der Waals surface area contributed by atoms with Crippen molar-refractivity contribution in [3.63, 3.8) is 0 Å². The Kier molecular flexibility index (Phi) is 5.12. The average molecular weight is 341 g/mol. The molecule has 2 aromatic carbocycles. The number of carbonyl (C=O) groups excluding carboxylic acids is 1. The minimum Gasteiger partial charge on any atom is -0.492 e. The first-order valence-electron chi connectivity index (χ1n) is 8.51. The lowest BCUT2D eigenvalue weighted by Gasteiger charge is -2.14. The van der Waals surface area contributed by atoms with Gasteiger partial charge in [-0.15, -0.1) is 0 Å². The van der Waals surface area contributed by atoms with Gasteiger partial charge in [0.25, 0.3) is 5.91 Å². The molecule has 1 heterocycles. The number of carbonyl (C=O) groups is 1. The molecule has 1 amide bonds. The van der Waals surface area contributed by atoms with Crippen molar-refractivity contribution in [3.8, 4) is 17.2 Å². The SMILES string of the molecule is CCOc1cc2c(cc1NC(=O)COc1cccc(C)c1)OC(C)C2. The van der Waals surface area contributed by atoms with Gasteiger partial charge in [0, 0.05) is 18.1 Å². The van der Waals surface area contributed by atoms with E-state index in [1.54, 1.807) is 0 Å². The summed E-state index contributed by atoms with van der Waals surface area (Å²) in [7, 11) is 0. The Morgan fingerprint density at radius 3 is 2.88 bits per heavy atom. The second-order valence-corrected chi connectivity index (χ2v) is 6.18. The van der Waals surface area contributed by atoms with Crippen LogP contribution in [0.3, 0.4) is 0 Å². The Hall–Kier alpha value is -2.69. The van der Waals surface area contributed by atoms with Crippen molar-refractivity contribution >= 4 is 11.6 Å². The highest BCUT2D eigenvalue weighted by Crippen LogP contribution is 2.38. The van der Waals surface area contributed by atoms with Gasteiger partial charge in [-0.1, -0.05) is 12.1 Å². The van der Waals surface area contributed by atoms with E-state index in [2.05, 4.69) is 5.32 Å². The molecule has 2 aromatic rings. The molecule has 132 valence electrons. The number of nitrogens with one attached hydrogen (secondary N) is 1. The van der Waals surface area contributed by atoms with E-state index in [1.165, 1.54) is 0 Å². The predicted octanol–water partition coefficient (Wildman–Crippen LogP) is 3.73. The third-order valence-corrected chi connectivity index (χ3v) is 3.93. The molecule has 0 radical (unpaired) electrons. The summed E-state index contributed by atoms with van der Waals surface area (Å²) in [5, 5.41) is 2.86. The van der Waals surface area contributed by atoms with Crippen LogP contribution in [0.1, 0.15) is 25.0 Å². The monoisotopic (exact) mass is 341 g/mol. The number of benzene rings is 2. The molecule has 25 heavy (non-hydrogen) atoms. The number of ether oxygens (including phenoxy) is 3. The van der Waals surface area contributed by atoms with Crippen LogP contribution < -0.4 is 19.5 Å². The Morgan fingerprint density at radius 1 is 1.28 bits per heavy atom.